The summed E-state index contributed by atoms with van der Waals surface area (Å²) in [7, 11) is 0. The van der Waals surface area contributed by atoms with E-state index in [4.69, 9.17) is 0 Å². The first kappa shape index (κ1) is 10.8. The van der Waals surface area contributed by atoms with Crippen LogP contribution in [0.3, 0.4) is 0 Å². The first-order valence-corrected chi connectivity index (χ1v) is 5.30. The van der Waals surface area contributed by atoms with Crippen LogP contribution in [0.4, 0.5) is 0 Å². The Morgan fingerprint density at radius 1 is 1.54 bits per heavy atom. The summed E-state index contributed by atoms with van der Waals surface area (Å²) in [5.74, 6) is 0.732. The zero-order chi connectivity index (χ0) is 8.39. The van der Waals surface area contributed by atoms with Gasteiger partial charge in [0.1, 0.15) is 6.54 Å². The lowest BCUT2D eigenvalue weighted by molar-refractivity contribution is -0.649. The first-order chi connectivity index (χ1) is 5.86. The van der Waals surface area contributed by atoms with Crippen LogP contribution < -0.4 is 17.7 Å². The second-order valence-electron chi connectivity index (χ2n) is 3.37. The molecule has 2 heterocycles. The van der Waals surface area contributed by atoms with Crippen LogP contribution in [0.25, 0.3) is 5.57 Å². The van der Waals surface area contributed by atoms with E-state index >= 15 is 0 Å². The summed E-state index contributed by atoms with van der Waals surface area (Å²) < 4.78 is 0. The van der Waals surface area contributed by atoms with Crippen molar-refractivity contribution >= 4 is 16.9 Å². The van der Waals surface area contributed by atoms with Crippen molar-refractivity contribution < 1.29 is 17.7 Å². The van der Waals surface area contributed by atoms with Gasteiger partial charge in [0.05, 0.1) is 6.54 Å². The van der Waals surface area contributed by atoms with E-state index in [-0.39, 0.29) is 12.4 Å². The molecule has 1 aliphatic rings. The van der Waals surface area contributed by atoms with Gasteiger partial charge in [0, 0.05) is 16.4 Å². The molecule has 72 valence electrons. The van der Waals surface area contributed by atoms with Crippen molar-refractivity contribution in [2.75, 3.05) is 13.1 Å². The van der Waals surface area contributed by atoms with E-state index in [2.05, 4.69) is 35.8 Å². The highest BCUT2D eigenvalue weighted by Gasteiger charge is 2.13. The van der Waals surface area contributed by atoms with Gasteiger partial charge >= 0.3 is 0 Å². The maximum Gasteiger partial charge on any atom is 0.102 e. The summed E-state index contributed by atoms with van der Waals surface area (Å²) in [6, 6.07) is 4.34. The number of thiophene rings is 1. The highest BCUT2D eigenvalue weighted by Crippen LogP contribution is 2.21. The van der Waals surface area contributed by atoms with E-state index in [1.165, 1.54) is 17.0 Å². The largest absolute Gasteiger partial charge is 1.00 e. The summed E-state index contributed by atoms with van der Waals surface area (Å²) in [5.41, 5.74) is 1.52. The van der Waals surface area contributed by atoms with E-state index in [0.29, 0.717) is 0 Å². The van der Waals surface area contributed by atoms with Gasteiger partial charge in [0.2, 0.25) is 0 Å². The molecule has 1 aromatic heterocycles. The summed E-state index contributed by atoms with van der Waals surface area (Å²) in [4.78, 5) is 1.44. The molecule has 0 radical (unpaired) electrons. The van der Waals surface area contributed by atoms with Gasteiger partial charge in [-0.15, -0.1) is 11.3 Å². The van der Waals surface area contributed by atoms with Crippen LogP contribution in [0.2, 0.25) is 0 Å². The van der Waals surface area contributed by atoms with Gasteiger partial charge in [-0.1, -0.05) is 19.1 Å². The maximum atomic E-state index is 2.41. The normalized spacial score (nSPS) is 21.9. The second-order valence-corrected chi connectivity index (χ2v) is 4.32. The van der Waals surface area contributed by atoms with Crippen molar-refractivity contribution in [3.05, 3.63) is 28.5 Å². The molecule has 1 unspecified atom stereocenters. The number of hydrogen-bond donors (Lipinski definition) is 1. The van der Waals surface area contributed by atoms with Crippen molar-refractivity contribution in [3.63, 3.8) is 0 Å². The molecule has 1 nitrogen and oxygen atoms in total. The number of rotatable bonds is 1. The molecule has 0 fully saturated rings. The molecule has 0 aromatic carbocycles. The average molecular weight is 216 g/mol. The molecule has 0 spiro atoms. The van der Waals surface area contributed by atoms with Gasteiger partial charge < -0.3 is 17.7 Å². The molecule has 3 heteroatoms. The number of nitrogens with two attached hydrogens (primary N) is 1. The van der Waals surface area contributed by atoms with E-state index in [1.807, 2.05) is 11.3 Å². The molecular formula is C10H14ClNS. The molecule has 1 aliphatic heterocycles. The number of halogens is 1. The Morgan fingerprint density at radius 3 is 3.00 bits per heavy atom. The van der Waals surface area contributed by atoms with Crippen molar-refractivity contribution in [2.45, 2.75) is 6.92 Å². The van der Waals surface area contributed by atoms with Crippen LogP contribution in [-0.4, -0.2) is 13.1 Å². The third-order valence-electron chi connectivity index (χ3n) is 2.23. The zero-order valence-electron chi connectivity index (χ0n) is 7.66. The fourth-order valence-electron chi connectivity index (χ4n) is 1.63. The van der Waals surface area contributed by atoms with Crippen LogP contribution in [0.5, 0.6) is 0 Å². The fraction of sp³-hybridized carbons (Fsp3) is 0.400. The SMILES string of the molecule is CC1C=C(c2cccs2)C[NH2+]C1.[Cl-]. The van der Waals surface area contributed by atoms with Crippen LogP contribution in [0.15, 0.2) is 23.6 Å². The molecule has 0 amide bonds. The molecule has 2 N–H and O–H groups in total. The molecule has 0 aliphatic carbocycles. The smallest absolute Gasteiger partial charge is 0.102 e. The molecule has 13 heavy (non-hydrogen) atoms. The number of hydrogen-bond acceptors (Lipinski definition) is 1. The van der Waals surface area contributed by atoms with E-state index in [9.17, 15) is 0 Å². The Balaban J connectivity index is 0.000000845. The Morgan fingerprint density at radius 2 is 2.38 bits per heavy atom. The lowest BCUT2D eigenvalue weighted by Gasteiger charge is -2.15. The van der Waals surface area contributed by atoms with Gasteiger partial charge in [0.15, 0.2) is 0 Å². The summed E-state index contributed by atoms with van der Waals surface area (Å²) in [6.45, 7) is 4.68. The van der Waals surface area contributed by atoms with Crippen molar-refractivity contribution in [1.29, 1.82) is 0 Å². The van der Waals surface area contributed by atoms with Crippen LogP contribution >= 0.6 is 11.3 Å². The van der Waals surface area contributed by atoms with Gasteiger partial charge in [-0.3, -0.25) is 0 Å². The Bertz CT molecular complexity index is 279. The predicted octanol–water partition coefficient (Wildman–Crippen LogP) is -1.65. The highest BCUT2D eigenvalue weighted by atomic mass is 35.5. The third kappa shape index (κ3) is 2.56. The minimum atomic E-state index is 0. The van der Waals surface area contributed by atoms with E-state index < -0.39 is 0 Å². The first-order valence-electron chi connectivity index (χ1n) is 4.42. The number of quaternary nitrogens is 1. The molecule has 0 saturated heterocycles. The zero-order valence-corrected chi connectivity index (χ0v) is 9.24. The Labute approximate surface area is 89.3 Å². The third-order valence-corrected chi connectivity index (χ3v) is 3.17. The molecule has 2 rings (SSSR count). The monoisotopic (exact) mass is 215 g/mol. The molecular weight excluding hydrogens is 202 g/mol. The summed E-state index contributed by atoms with van der Waals surface area (Å²) in [5, 5.41) is 4.54. The minimum absolute atomic E-state index is 0. The van der Waals surface area contributed by atoms with Gasteiger partial charge in [-0.05, 0) is 11.4 Å². The van der Waals surface area contributed by atoms with E-state index in [0.717, 1.165) is 12.5 Å². The van der Waals surface area contributed by atoms with Gasteiger partial charge in [-0.2, -0.15) is 0 Å². The van der Waals surface area contributed by atoms with Crippen LogP contribution in [0.1, 0.15) is 11.8 Å². The summed E-state index contributed by atoms with van der Waals surface area (Å²) in [6.07, 6.45) is 2.41. The molecule has 0 bridgehead atoms. The Kier molecular flexibility index (Phi) is 3.97. The fourth-order valence-corrected chi connectivity index (χ4v) is 2.39. The topological polar surface area (TPSA) is 16.6 Å². The predicted molar refractivity (Wildman–Crippen MR) is 53.1 cm³/mol. The van der Waals surface area contributed by atoms with Crippen molar-refractivity contribution in [3.8, 4) is 0 Å². The second kappa shape index (κ2) is 4.80. The lowest BCUT2D eigenvalue weighted by atomic mass is 10.0. The Hall–Kier alpha value is -0.310. The summed E-state index contributed by atoms with van der Waals surface area (Å²) >= 11 is 1.84. The average Bonchev–Trinajstić information content (AvgIpc) is 2.56. The standard InChI is InChI=1S/C10H13NS.ClH/c1-8-5-9(7-11-6-8)10-3-2-4-12-10;/h2-5,8,11H,6-7H2,1H3;1H. The molecule has 1 aromatic rings. The van der Waals surface area contributed by atoms with Crippen molar-refractivity contribution in [1.82, 2.24) is 0 Å². The van der Waals surface area contributed by atoms with Gasteiger partial charge in [-0.25, -0.2) is 0 Å². The van der Waals surface area contributed by atoms with Crippen LogP contribution in [0, 0.1) is 5.92 Å². The van der Waals surface area contributed by atoms with Gasteiger partial charge in [0.25, 0.3) is 0 Å². The highest BCUT2D eigenvalue weighted by molar-refractivity contribution is 7.11. The maximum absolute atomic E-state index is 2.41. The van der Waals surface area contributed by atoms with Crippen LogP contribution in [-0.2, 0) is 0 Å². The molecule has 0 saturated carbocycles. The quantitative estimate of drug-likeness (QED) is 0.578. The lowest BCUT2D eigenvalue weighted by Crippen LogP contribution is -3.00. The van der Waals surface area contributed by atoms with E-state index in [1.54, 1.807) is 0 Å². The minimum Gasteiger partial charge on any atom is -1.00 e. The van der Waals surface area contributed by atoms with Crippen molar-refractivity contribution in [2.24, 2.45) is 5.92 Å². The molecule has 1 atom stereocenters.